The molecule has 7 rings (SSSR count). The van der Waals surface area contributed by atoms with Gasteiger partial charge in [0.2, 0.25) is 0 Å². The van der Waals surface area contributed by atoms with Crippen molar-refractivity contribution in [2.24, 2.45) is 0 Å². The zero-order valence-corrected chi connectivity index (χ0v) is 16.8. The molecule has 0 amide bonds. The van der Waals surface area contributed by atoms with Gasteiger partial charge in [-0.1, -0.05) is 72.8 Å². The molecule has 0 saturated carbocycles. The van der Waals surface area contributed by atoms with Gasteiger partial charge in [0.15, 0.2) is 0 Å². The monoisotopic (exact) mass is 413 g/mol. The summed E-state index contributed by atoms with van der Waals surface area (Å²) in [6, 6.07) is 27.9. The lowest BCUT2D eigenvalue weighted by atomic mass is 9.94. The molecule has 0 unspecified atom stereocenters. The third-order valence-corrected chi connectivity index (χ3v) is 6.22. The number of hydrogen-bond acceptors (Lipinski definition) is 4. The SMILES string of the molecule is O=c1oc2cc(-c3ccc4cccc5c4c3-c3n[nH]nc3-5)ccc2cc1-c1ccccc1. The quantitative estimate of drug-likeness (QED) is 0.351. The van der Waals surface area contributed by atoms with E-state index in [0.29, 0.717) is 11.1 Å². The Morgan fingerprint density at radius 2 is 1.50 bits per heavy atom. The molecule has 0 fully saturated rings. The third-order valence-electron chi connectivity index (χ3n) is 6.22. The number of benzene rings is 4. The Labute approximate surface area is 182 Å². The van der Waals surface area contributed by atoms with Crippen LogP contribution in [0.15, 0.2) is 94.1 Å². The minimum Gasteiger partial charge on any atom is -0.422 e. The standard InChI is InChI=1S/C27H15N3O2/c31-27-21(15-5-2-1-3-6-15)13-18-10-9-17(14-22(18)32-27)19-12-11-16-7-4-8-20-23(16)24(19)26-25(20)28-30-29-26/h1-14H,(H,28,29,30). The molecule has 2 heterocycles. The van der Waals surface area contributed by atoms with Gasteiger partial charge in [0.05, 0.1) is 5.56 Å². The van der Waals surface area contributed by atoms with Crippen LogP contribution < -0.4 is 5.63 Å². The van der Waals surface area contributed by atoms with Crippen LogP contribution in [0.25, 0.3) is 66.5 Å². The second-order valence-electron chi connectivity index (χ2n) is 7.98. The summed E-state index contributed by atoms with van der Waals surface area (Å²) in [4.78, 5) is 12.7. The first-order valence-electron chi connectivity index (χ1n) is 10.4. The van der Waals surface area contributed by atoms with E-state index in [1.807, 2.05) is 54.6 Å². The Kier molecular flexibility index (Phi) is 3.36. The van der Waals surface area contributed by atoms with Crippen molar-refractivity contribution in [3.8, 4) is 44.8 Å². The molecule has 1 aliphatic carbocycles. The molecule has 150 valence electrons. The highest BCUT2D eigenvalue weighted by molar-refractivity contribution is 6.17. The molecule has 2 aromatic heterocycles. The van der Waals surface area contributed by atoms with E-state index in [1.165, 1.54) is 0 Å². The van der Waals surface area contributed by atoms with Gasteiger partial charge in [-0.05, 0) is 34.2 Å². The zero-order chi connectivity index (χ0) is 21.2. The van der Waals surface area contributed by atoms with Crippen molar-refractivity contribution in [1.29, 1.82) is 0 Å². The molecular formula is C27H15N3O2. The maximum Gasteiger partial charge on any atom is 0.344 e. The molecule has 0 radical (unpaired) electrons. The Balaban J connectivity index is 1.45. The Hall–Kier alpha value is -4.51. The lowest BCUT2D eigenvalue weighted by Crippen LogP contribution is -2.02. The van der Waals surface area contributed by atoms with Crippen LogP contribution in [0.2, 0.25) is 0 Å². The van der Waals surface area contributed by atoms with Crippen molar-refractivity contribution in [3.05, 3.63) is 95.3 Å². The first kappa shape index (κ1) is 17.2. The van der Waals surface area contributed by atoms with Crippen molar-refractivity contribution in [2.45, 2.75) is 0 Å². The fourth-order valence-electron chi connectivity index (χ4n) is 4.75. The second-order valence-corrected chi connectivity index (χ2v) is 7.98. The van der Waals surface area contributed by atoms with Gasteiger partial charge in [-0.25, -0.2) is 4.79 Å². The van der Waals surface area contributed by atoms with Gasteiger partial charge in [0.1, 0.15) is 17.0 Å². The van der Waals surface area contributed by atoms with Gasteiger partial charge in [-0.2, -0.15) is 15.4 Å². The number of fused-ring (bicyclic) bond motifs is 4. The summed E-state index contributed by atoms with van der Waals surface area (Å²) in [6.45, 7) is 0. The Morgan fingerprint density at radius 1 is 0.656 bits per heavy atom. The maximum atomic E-state index is 12.7. The van der Waals surface area contributed by atoms with Crippen LogP contribution in [0.5, 0.6) is 0 Å². The summed E-state index contributed by atoms with van der Waals surface area (Å²) in [5, 5.41) is 14.8. The minimum atomic E-state index is -0.343. The highest BCUT2D eigenvalue weighted by Crippen LogP contribution is 2.49. The number of nitrogens with one attached hydrogen (secondary N) is 1. The van der Waals surface area contributed by atoms with E-state index in [2.05, 4.69) is 45.7 Å². The molecule has 5 nitrogen and oxygen atoms in total. The van der Waals surface area contributed by atoms with Crippen LogP contribution in [0.1, 0.15) is 0 Å². The van der Waals surface area contributed by atoms with Crippen molar-refractivity contribution < 1.29 is 4.42 Å². The fourth-order valence-corrected chi connectivity index (χ4v) is 4.75. The van der Waals surface area contributed by atoms with Gasteiger partial charge in [-0.3, -0.25) is 0 Å². The van der Waals surface area contributed by atoms with Crippen LogP contribution >= 0.6 is 0 Å². The van der Waals surface area contributed by atoms with E-state index in [-0.39, 0.29) is 5.63 Å². The summed E-state index contributed by atoms with van der Waals surface area (Å²) in [5.74, 6) is 0. The van der Waals surface area contributed by atoms with E-state index < -0.39 is 0 Å². The first-order valence-corrected chi connectivity index (χ1v) is 10.4. The van der Waals surface area contributed by atoms with Gasteiger partial charge in [0, 0.05) is 21.9 Å². The molecule has 0 spiro atoms. The van der Waals surface area contributed by atoms with Gasteiger partial charge >= 0.3 is 5.63 Å². The number of aromatic nitrogens is 3. The average molecular weight is 413 g/mol. The van der Waals surface area contributed by atoms with Crippen LogP contribution in [0.3, 0.4) is 0 Å². The van der Waals surface area contributed by atoms with Gasteiger partial charge in [0.25, 0.3) is 0 Å². The summed E-state index contributed by atoms with van der Waals surface area (Å²) < 4.78 is 5.75. The predicted molar refractivity (Wildman–Crippen MR) is 125 cm³/mol. The number of nitrogens with zero attached hydrogens (tertiary/aromatic N) is 2. The van der Waals surface area contributed by atoms with Gasteiger partial charge < -0.3 is 4.42 Å². The number of hydrogen-bond donors (Lipinski definition) is 1. The van der Waals surface area contributed by atoms with E-state index in [0.717, 1.165) is 55.4 Å². The van der Waals surface area contributed by atoms with E-state index >= 15 is 0 Å². The Morgan fingerprint density at radius 3 is 2.41 bits per heavy atom. The smallest absolute Gasteiger partial charge is 0.344 e. The Bertz CT molecular complexity index is 1750. The fraction of sp³-hybridized carbons (Fsp3) is 0. The van der Waals surface area contributed by atoms with E-state index in [1.54, 1.807) is 0 Å². The highest BCUT2D eigenvalue weighted by Gasteiger charge is 2.28. The van der Waals surface area contributed by atoms with Gasteiger partial charge in [-0.15, -0.1) is 0 Å². The molecule has 5 heteroatoms. The molecule has 0 saturated heterocycles. The predicted octanol–water partition coefficient (Wildman–Crippen LogP) is 6.05. The summed E-state index contributed by atoms with van der Waals surface area (Å²) in [6.07, 6.45) is 0. The second kappa shape index (κ2) is 6.25. The van der Waals surface area contributed by atoms with Crippen LogP contribution in [0.4, 0.5) is 0 Å². The van der Waals surface area contributed by atoms with Crippen molar-refractivity contribution in [3.63, 3.8) is 0 Å². The molecule has 1 N–H and O–H groups in total. The lowest BCUT2D eigenvalue weighted by Gasteiger charge is -2.10. The highest BCUT2D eigenvalue weighted by atomic mass is 16.4. The summed E-state index contributed by atoms with van der Waals surface area (Å²) in [5.41, 5.74) is 7.51. The summed E-state index contributed by atoms with van der Waals surface area (Å²) >= 11 is 0. The van der Waals surface area contributed by atoms with Crippen molar-refractivity contribution in [1.82, 2.24) is 15.4 Å². The molecular weight excluding hydrogens is 398 g/mol. The zero-order valence-electron chi connectivity index (χ0n) is 16.8. The molecule has 32 heavy (non-hydrogen) atoms. The summed E-state index contributed by atoms with van der Waals surface area (Å²) in [7, 11) is 0. The first-order chi connectivity index (χ1) is 15.8. The topological polar surface area (TPSA) is 71.8 Å². The van der Waals surface area contributed by atoms with Crippen LogP contribution in [-0.4, -0.2) is 15.4 Å². The minimum absolute atomic E-state index is 0.343. The number of aromatic amines is 1. The number of H-pyrrole nitrogens is 1. The molecule has 4 aromatic carbocycles. The maximum absolute atomic E-state index is 12.7. The lowest BCUT2D eigenvalue weighted by molar-refractivity contribution is 0.563. The van der Waals surface area contributed by atoms with Crippen LogP contribution in [0, 0.1) is 0 Å². The largest absolute Gasteiger partial charge is 0.422 e. The molecule has 1 aliphatic rings. The molecule has 0 bridgehead atoms. The molecule has 0 aliphatic heterocycles. The third kappa shape index (κ3) is 2.30. The van der Waals surface area contributed by atoms with E-state index in [4.69, 9.17) is 4.42 Å². The normalized spacial score (nSPS) is 11.9. The van der Waals surface area contributed by atoms with E-state index in [9.17, 15) is 4.79 Å². The van der Waals surface area contributed by atoms with Crippen molar-refractivity contribution >= 4 is 21.7 Å². The molecule has 6 aromatic rings. The van der Waals surface area contributed by atoms with Crippen molar-refractivity contribution in [2.75, 3.05) is 0 Å². The average Bonchev–Trinajstić information content (AvgIpc) is 3.43. The number of rotatable bonds is 2. The molecule has 0 atom stereocenters. The van der Waals surface area contributed by atoms with Crippen LogP contribution in [-0.2, 0) is 0 Å².